The Morgan fingerprint density at radius 1 is 0.903 bits per heavy atom. The standard InChI is InChI=1S/C24H25N3O2S2/c28-23(25-19-7-2-1-3-8-19)17-26-12-14-27(15-13-26)24(29)21-10-4-5-11-22(21)31-18-20-9-6-16-30-20/h1-11,16H,12-15,17-18H2,(H,25,28). The molecule has 1 aromatic heterocycles. The molecule has 2 aromatic carbocycles. The molecular formula is C24H25N3O2S2. The second-order valence-corrected chi connectivity index (χ2v) is 9.40. The van der Waals surface area contributed by atoms with Gasteiger partial charge in [-0.25, -0.2) is 0 Å². The first-order chi connectivity index (χ1) is 15.2. The van der Waals surface area contributed by atoms with Crippen molar-refractivity contribution in [1.29, 1.82) is 0 Å². The van der Waals surface area contributed by atoms with E-state index in [9.17, 15) is 9.59 Å². The number of nitrogens with zero attached hydrogens (tertiary/aromatic N) is 2. The highest BCUT2D eigenvalue weighted by Gasteiger charge is 2.24. The summed E-state index contributed by atoms with van der Waals surface area (Å²) in [7, 11) is 0. The molecule has 0 unspecified atom stereocenters. The number of carbonyl (C=O) groups is 2. The molecule has 1 aliphatic rings. The molecule has 0 spiro atoms. The van der Waals surface area contributed by atoms with Gasteiger partial charge in [0.05, 0.1) is 12.1 Å². The summed E-state index contributed by atoms with van der Waals surface area (Å²) in [5.74, 6) is 0.913. The average Bonchev–Trinajstić information content (AvgIpc) is 3.32. The van der Waals surface area contributed by atoms with E-state index in [1.165, 1.54) is 4.88 Å². The topological polar surface area (TPSA) is 52.7 Å². The molecule has 3 aromatic rings. The molecule has 0 bridgehead atoms. The number of rotatable bonds is 7. The summed E-state index contributed by atoms with van der Waals surface area (Å²) >= 11 is 3.44. The predicted molar refractivity (Wildman–Crippen MR) is 128 cm³/mol. The molecule has 2 heterocycles. The minimum atomic E-state index is -0.0266. The highest BCUT2D eigenvalue weighted by molar-refractivity contribution is 7.98. The predicted octanol–water partition coefficient (Wildman–Crippen LogP) is 4.44. The van der Waals surface area contributed by atoms with Gasteiger partial charge in [0.1, 0.15) is 0 Å². The van der Waals surface area contributed by atoms with Gasteiger partial charge in [0, 0.05) is 47.4 Å². The minimum Gasteiger partial charge on any atom is -0.336 e. The van der Waals surface area contributed by atoms with Gasteiger partial charge in [-0.15, -0.1) is 23.1 Å². The number of thiophene rings is 1. The van der Waals surface area contributed by atoms with Crippen LogP contribution in [0.2, 0.25) is 0 Å². The van der Waals surface area contributed by atoms with Crippen molar-refractivity contribution in [3.8, 4) is 0 Å². The molecule has 4 rings (SSSR count). The summed E-state index contributed by atoms with van der Waals surface area (Å²) in [6.45, 7) is 2.98. The molecule has 0 atom stereocenters. The van der Waals surface area contributed by atoms with Gasteiger partial charge in [0.15, 0.2) is 0 Å². The normalized spacial score (nSPS) is 14.4. The molecule has 0 radical (unpaired) electrons. The zero-order chi connectivity index (χ0) is 21.5. The number of hydrogen-bond donors (Lipinski definition) is 1. The molecule has 1 N–H and O–H groups in total. The Labute approximate surface area is 191 Å². The summed E-state index contributed by atoms with van der Waals surface area (Å²) in [5, 5.41) is 4.99. The average molecular weight is 452 g/mol. The van der Waals surface area contributed by atoms with E-state index in [-0.39, 0.29) is 11.8 Å². The van der Waals surface area contributed by atoms with E-state index in [0.29, 0.717) is 32.7 Å². The fourth-order valence-corrected chi connectivity index (χ4v) is 5.33. The van der Waals surface area contributed by atoms with Crippen LogP contribution in [0.4, 0.5) is 5.69 Å². The summed E-state index contributed by atoms with van der Waals surface area (Å²) in [6.07, 6.45) is 0. The molecule has 1 fully saturated rings. The molecule has 0 aliphatic carbocycles. The lowest BCUT2D eigenvalue weighted by Gasteiger charge is -2.34. The van der Waals surface area contributed by atoms with E-state index in [1.54, 1.807) is 23.1 Å². The summed E-state index contributed by atoms with van der Waals surface area (Å²) < 4.78 is 0. The molecule has 2 amide bonds. The van der Waals surface area contributed by atoms with Gasteiger partial charge in [0.2, 0.25) is 5.91 Å². The number of nitrogens with one attached hydrogen (secondary N) is 1. The zero-order valence-corrected chi connectivity index (χ0v) is 18.8. The van der Waals surface area contributed by atoms with E-state index >= 15 is 0 Å². The van der Waals surface area contributed by atoms with Crippen molar-refractivity contribution in [1.82, 2.24) is 9.80 Å². The highest BCUT2D eigenvalue weighted by Crippen LogP contribution is 2.29. The van der Waals surface area contributed by atoms with E-state index in [4.69, 9.17) is 0 Å². The molecular weight excluding hydrogens is 426 g/mol. The van der Waals surface area contributed by atoms with E-state index < -0.39 is 0 Å². The van der Waals surface area contributed by atoms with Gasteiger partial charge in [-0.1, -0.05) is 36.4 Å². The Bertz CT molecular complexity index is 1000. The minimum absolute atomic E-state index is 0.0266. The number of hydrogen-bond acceptors (Lipinski definition) is 5. The molecule has 1 saturated heterocycles. The van der Waals surface area contributed by atoms with Crippen molar-refractivity contribution in [2.45, 2.75) is 10.6 Å². The third-order valence-corrected chi connectivity index (χ3v) is 7.33. The third-order valence-electron chi connectivity index (χ3n) is 5.15. The van der Waals surface area contributed by atoms with Crippen molar-refractivity contribution < 1.29 is 9.59 Å². The van der Waals surface area contributed by atoms with Gasteiger partial charge in [-0.05, 0) is 35.7 Å². The van der Waals surface area contributed by atoms with Crippen LogP contribution in [0.1, 0.15) is 15.2 Å². The Hall–Kier alpha value is -2.61. The van der Waals surface area contributed by atoms with Gasteiger partial charge in [-0.3, -0.25) is 14.5 Å². The maximum Gasteiger partial charge on any atom is 0.255 e. The lowest BCUT2D eigenvalue weighted by Crippen LogP contribution is -2.50. The van der Waals surface area contributed by atoms with Gasteiger partial charge >= 0.3 is 0 Å². The van der Waals surface area contributed by atoms with Crippen LogP contribution in [0, 0.1) is 0 Å². The molecule has 7 heteroatoms. The number of para-hydroxylation sites is 1. The first kappa shape index (κ1) is 21.6. The highest BCUT2D eigenvalue weighted by atomic mass is 32.2. The second-order valence-electron chi connectivity index (χ2n) is 7.35. The first-order valence-electron chi connectivity index (χ1n) is 10.3. The van der Waals surface area contributed by atoms with E-state index in [2.05, 4.69) is 27.7 Å². The van der Waals surface area contributed by atoms with Crippen molar-refractivity contribution in [2.75, 3.05) is 38.0 Å². The molecule has 31 heavy (non-hydrogen) atoms. The molecule has 160 valence electrons. The van der Waals surface area contributed by atoms with Crippen LogP contribution in [-0.2, 0) is 10.5 Å². The molecule has 1 aliphatic heterocycles. The van der Waals surface area contributed by atoms with Crippen LogP contribution >= 0.6 is 23.1 Å². The van der Waals surface area contributed by atoms with Crippen LogP contribution in [-0.4, -0.2) is 54.3 Å². The number of carbonyl (C=O) groups excluding carboxylic acids is 2. The Morgan fingerprint density at radius 3 is 2.39 bits per heavy atom. The summed E-state index contributed by atoms with van der Waals surface area (Å²) in [6, 6.07) is 21.5. The fourth-order valence-electron chi connectivity index (χ4n) is 3.52. The Morgan fingerprint density at radius 2 is 1.65 bits per heavy atom. The monoisotopic (exact) mass is 451 g/mol. The SMILES string of the molecule is O=C(CN1CCN(C(=O)c2ccccc2SCc2cccs2)CC1)Nc1ccccc1. The number of thioether (sulfide) groups is 1. The smallest absolute Gasteiger partial charge is 0.255 e. The van der Waals surface area contributed by atoms with E-state index in [1.807, 2.05) is 59.5 Å². The lowest BCUT2D eigenvalue weighted by atomic mass is 10.2. The van der Waals surface area contributed by atoms with Crippen LogP contribution in [0.3, 0.4) is 0 Å². The van der Waals surface area contributed by atoms with Crippen molar-refractivity contribution in [3.63, 3.8) is 0 Å². The number of piperazine rings is 1. The van der Waals surface area contributed by atoms with Crippen molar-refractivity contribution >= 4 is 40.6 Å². The van der Waals surface area contributed by atoms with Crippen LogP contribution < -0.4 is 5.32 Å². The second kappa shape index (κ2) is 10.6. The Balaban J connectivity index is 1.30. The number of amides is 2. The van der Waals surface area contributed by atoms with Crippen molar-refractivity contribution in [2.24, 2.45) is 0 Å². The van der Waals surface area contributed by atoms with Crippen LogP contribution in [0.25, 0.3) is 0 Å². The quantitative estimate of drug-likeness (QED) is 0.540. The number of benzene rings is 2. The fraction of sp³-hybridized carbons (Fsp3) is 0.250. The maximum atomic E-state index is 13.2. The van der Waals surface area contributed by atoms with Gasteiger partial charge in [0.25, 0.3) is 5.91 Å². The summed E-state index contributed by atoms with van der Waals surface area (Å²) in [4.78, 5) is 31.8. The number of anilines is 1. The van der Waals surface area contributed by atoms with Gasteiger partial charge in [-0.2, -0.15) is 0 Å². The lowest BCUT2D eigenvalue weighted by molar-refractivity contribution is -0.117. The largest absolute Gasteiger partial charge is 0.336 e. The van der Waals surface area contributed by atoms with Crippen LogP contribution in [0.5, 0.6) is 0 Å². The van der Waals surface area contributed by atoms with E-state index in [0.717, 1.165) is 21.9 Å². The van der Waals surface area contributed by atoms with Crippen molar-refractivity contribution in [3.05, 3.63) is 82.6 Å². The van der Waals surface area contributed by atoms with Crippen LogP contribution in [0.15, 0.2) is 77.0 Å². The molecule has 0 saturated carbocycles. The Kier molecular flexibility index (Phi) is 7.40. The maximum absolute atomic E-state index is 13.2. The third kappa shape index (κ3) is 5.97. The zero-order valence-electron chi connectivity index (χ0n) is 17.2. The first-order valence-corrected chi connectivity index (χ1v) is 12.2. The molecule has 5 nitrogen and oxygen atoms in total. The summed E-state index contributed by atoms with van der Waals surface area (Å²) in [5.41, 5.74) is 1.57. The van der Waals surface area contributed by atoms with Gasteiger partial charge < -0.3 is 10.2 Å².